The molecule has 128 valence electrons. The summed E-state index contributed by atoms with van der Waals surface area (Å²) in [5, 5.41) is 6.89. The molecule has 0 unspecified atom stereocenters. The number of benzene rings is 2. The Morgan fingerprint density at radius 3 is 2.40 bits per heavy atom. The van der Waals surface area contributed by atoms with Crippen molar-refractivity contribution >= 4 is 27.3 Å². The highest BCUT2D eigenvalue weighted by Gasteiger charge is 2.13. The van der Waals surface area contributed by atoms with E-state index in [4.69, 9.17) is 0 Å². The second-order valence-corrected chi connectivity index (χ2v) is 7.12. The van der Waals surface area contributed by atoms with Crippen molar-refractivity contribution < 1.29 is 13.2 Å². The number of hydrogen-bond donors (Lipinski definition) is 2. The third kappa shape index (κ3) is 4.24. The summed E-state index contributed by atoms with van der Waals surface area (Å²) < 4.78 is 26.9. The van der Waals surface area contributed by atoms with E-state index in [-0.39, 0.29) is 11.3 Å². The van der Waals surface area contributed by atoms with Crippen LogP contribution in [0, 0.1) is 0 Å². The molecule has 0 bridgehead atoms. The molecular weight excluding hydrogens is 340 g/mol. The number of sulfonamides is 1. The number of anilines is 2. The lowest BCUT2D eigenvalue weighted by Crippen LogP contribution is -2.17. The second-order valence-electron chi connectivity index (χ2n) is 5.37. The van der Waals surface area contributed by atoms with Crippen LogP contribution < -0.4 is 10.0 Å². The average molecular weight is 356 g/mol. The quantitative estimate of drug-likeness (QED) is 0.734. The third-order valence-electron chi connectivity index (χ3n) is 3.36. The summed E-state index contributed by atoms with van der Waals surface area (Å²) in [5.74, 6) is -0.404. The fourth-order valence-electron chi connectivity index (χ4n) is 2.29. The van der Waals surface area contributed by atoms with Crippen LogP contribution in [0.15, 0.2) is 67.0 Å². The first kappa shape index (κ1) is 16.7. The minimum Gasteiger partial charge on any atom is -0.322 e. The Morgan fingerprint density at radius 2 is 1.76 bits per heavy atom. The molecule has 0 saturated heterocycles. The molecule has 0 aliphatic carbocycles. The van der Waals surface area contributed by atoms with Gasteiger partial charge in [-0.15, -0.1) is 0 Å². The lowest BCUT2D eigenvalue weighted by molar-refractivity contribution is 0.102. The summed E-state index contributed by atoms with van der Waals surface area (Å²) in [6.45, 7) is 0. The first-order valence-electron chi connectivity index (χ1n) is 7.41. The fraction of sp³-hybridized carbons (Fsp3) is 0.0588. The topological polar surface area (TPSA) is 93.1 Å². The number of para-hydroxylation sites is 1. The van der Waals surface area contributed by atoms with Crippen LogP contribution >= 0.6 is 0 Å². The minimum atomic E-state index is -3.48. The molecule has 0 radical (unpaired) electrons. The first-order valence-corrected chi connectivity index (χ1v) is 9.30. The maximum atomic E-state index is 12.5. The molecule has 0 fully saturated rings. The van der Waals surface area contributed by atoms with Crippen molar-refractivity contribution in [1.29, 1.82) is 0 Å². The SMILES string of the molecule is CS(=O)(=O)Nc1ccccc1C(=O)Nc1ccc(-n2cccn2)cc1. The number of nitrogens with one attached hydrogen (secondary N) is 2. The summed E-state index contributed by atoms with van der Waals surface area (Å²) in [6.07, 6.45) is 4.54. The van der Waals surface area contributed by atoms with Crippen LogP contribution in [0.5, 0.6) is 0 Å². The van der Waals surface area contributed by atoms with Crippen molar-refractivity contribution in [2.24, 2.45) is 0 Å². The molecule has 1 aromatic heterocycles. The van der Waals surface area contributed by atoms with Gasteiger partial charge in [0.2, 0.25) is 10.0 Å². The molecule has 8 heteroatoms. The molecule has 1 heterocycles. The molecule has 1 amide bonds. The largest absolute Gasteiger partial charge is 0.322 e. The van der Waals surface area contributed by atoms with E-state index in [2.05, 4.69) is 15.1 Å². The number of hydrogen-bond acceptors (Lipinski definition) is 4. The molecule has 0 aliphatic rings. The van der Waals surface area contributed by atoms with Crippen molar-refractivity contribution in [2.75, 3.05) is 16.3 Å². The van der Waals surface area contributed by atoms with Crippen molar-refractivity contribution in [3.05, 3.63) is 72.6 Å². The van der Waals surface area contributed by atoms with E-state index in [9.17, 15) is 13.2 Å². The number of nitrogens with zero attached hydrogens (tertiary/aromatic N) is 2. The van der Waals surface area contributed by atoms with E-state index in [1.165, 1.54) is 6.07 Å². The predicted molar refractivity (Wildman–Crippen MR) is 96.4 cm³/mol. The van der Waals surface area contributed by atoms with Gasteiger partial charge < -0.3 is 5.32 Å². The Bertz CT molecular complexity index is 981. The fourth-order valence-corrected chi connectivity index (χ4v) is 2.86. The van der Waals surface area contributed by atoms with Crippen LogP contribution in [0.3, 0.4) is 0 Å². The summed E-state index contributed by atoms with van der Waals surface area (Å²) >= 11 is 0. The van der Waals surface area contributed by atoms with Crippen LogP contribution in [-0.2, 0) is 10.0 Å². The molecule has 2 N–H and O–H groups in total. The van der Waals surface area contributed by atoms with Crippen LogP contribution in [-0.4, -0.2) is 30.4 Å². The lowest BCUT2D eigenvalue weighted by atomic mass is 10.1. The highest BCUT2D eigenvalue weighted by molar-refractivity contribution is 7.92. The smallest absolute Gasteiger partial charge is 0.257 e. The molecule has 3 aromatic rings. The maximum Gasteiger partial charge on any atom is 0.257 e. The molecule has 0 saturated carbocycles. The van der Waals surface area contributed by atoms with Crippen molar-refractivity contribution in [1.82, 2.24) is 9.78 Å². The van der Waals surface area contributed by atoms with Gasteiger partial charge in [0, 0.05) is 18.1 Å². The van der Waals surface area contributed by atoms with E-state index in [0.717, 1.165) is 11.9 Å². The Morgan fingerprint density at radius 1 is 1.04 bits per heavy atom. The molecule has 7 nitrogen and oxygen atoms in total. The molecule has 0 atom stereocenters. The zero-order valence-electron chi connectivity index (χ0n) is 13.4. The van der Waals surface area contributed by atoms with Crippen molar-refractivity contribution in [2.45, 2.75) is 0 Å². The zero-order chi connectivity index (χ0) is 17.9. The predicted octanol–water partition coefficient (Wildman–Crippen LogP) is 2.50. The Labute approximate surface area is 145 Å². The second kappa shape index (κ2) is 6.78. The van der Waals surface area contributed by atoms with Gasteiger partial charge in [-0.1, -0.05) is 12.1 Å². The van der Waals surface area contributed by atoms with Crippen LogP contribution in [0.4, 0.5) is 11.4 Å². The number of rotatable bonds is 5. The van der Waals surface area contributed by atoms with Gasteiger partial charge in [-0.25, -0.2) is 13.1 Å². The Balaban J connectivity index is 1.79. The Kier molecular flexibility index (Phi) is 4.53. The third-order valence-corrected chi connectivity index (χ3v) is 3.95. The van der Waals surface area contributed by atoms with Gasteiger partial charge >= 0.3 is 0 Å². The summed E-state index contributed by atoms with van der Waals surface area (Å²) in [7, 11) is -3.48. The summed E-state index contributed by atoms with van der Waals surface area (Å²) in [4.78, 5) is 12.5. The monoisotopic (exact) mass is 356 g/mol. The van der Waals surface area contributed by atoms with Gasteiger partial charge in [-0.2, -0.15) is 5.10 Å². The van der Waals surface area contributed by atoms with Crippen LogP contribution in [0.25, 0.3) is 5.69 Å². The summed E-state index contributed by atoms with van der Waals surface area (Å²) in [6, 6.07) is 15.4. The van der Waals surface area contributed by atoms with E-state index < -0.39 is 15.9 Å². The van der Waals surface area contributed by atoms with Gasteiger partial charge in [0.25, 0.3) is 5.91 Å². The highest BCUT2D eigenvalue weighted by Crippen LogP contribution is 2.19. The summed E-state index contributed by atoms with van der Waals surface area (Å²) in [5.41, 5.74) is 1.93. The number of amides is 1. The van der Waals surface area contributed by atoms with Crippen molar-refractivity contribution in [3.63, 3.8) is 0 Å². The van der Waals surface area contributed by atoms with Gasteiger partial charge in [0.1, 0.15) is 0 Å². The molecule has 25 heavy (non-hydrogen) atoms. The van der Waals surface area contributed by atoms with Crippen LogP contribution in [0.2, 0.25) is 0 Å². The first-order chi connectivity index (χ1) is 11.9. The van der Waals surface area contributed by atoms with E-state index in [0.29, 0.717) is 5.69 Å². The normalized spacial score (nSPS) is 11.1. The highest BCUT2D eigenvalue weighted by atomic mass is 32.2. The van der Waals surface area contributed by atoms with Crippen molar-refractivity contribution in [3.8, 4) is 5.69 Å². The minimum absolute atomic E-state index is 0.232. The Hall–Kier alpha value is -3.13. The number of carbonyl (C=O) groups excluding carboxylic acids is 1. The zero-order valence-corrected chi connectivity index (χ0v) is 14.2. The molecule has 3 rings (SSSR count). The van der Waals surface area contributed by atoms with Crippen LogP contribution in [0.1, 0.15) is 10.4 Å². The number of aromatic nitrogens is 2. The molecule has 0 spiro atoms. The average Bonchev–Trinajstić information content (AvgIpc) is 3.09. The van der Waals surface area contributed by atoms with Gasteiger partial charge in [-0.3, -0.25) is 9.52 Å². The lowest BCUT2D eigenvalue weighted by Gasteiger charge is -2.11. The molecular formula is C17H16N4O3S. The number of carbonyl (C=O) groups is 1. The van der Waals surface area contributed by atoms with Gasteiger partial charge in [0.15, 0.2) is 0 Å². The van der Waals surface area contributed by atoms with E-state index >= 15 is 0 Å². The standard InChI is InChI=1S/C17H16N4O3S/c1-25(23,24)20-16-6-3-2-5-15(16)17(22)19-13-7-9-14(10-8-13)21-12-4-11-18-21/h2-12,20H,1H3,(H,19,22). The molecule has 0 aliphatic heterocycles. The maximum absolute atomic E-state index is 12.5. The molecule has 2 aromatic carbocycles. The van der Waals surface area contributed by atoms with E-state index in [1.54, 1.807) is 41.2 Å². The van der Waals surface area contributed by atoms with Gasteiger partial charge in [0.05, 0.1) is 23.2 Å². The van der Waals surface area contributed by atoms with Gasteiger partial charge in [-0.05, 0) is 42.5 Å². The van der Waals surface area contributed by atoms with E-state index in [1.807, 2.05) is 24.4 Å².